The molecule has 0 unspecified atom stereocenters. The van der Waals surface area contributed by atoms with Crippen LogP contribution in [0.25, 0.3) is 0 Å². The molecule has 0 aliphatic carbocycles. The maximum Gasteiger partial charge on any atom is 0.433 e. The number of halogens is 3. The summed E-state index contributed by atoms with van der Waals surface area (Å²) in [4.78, 5) is 3.23. The van der Waals surface area contributed by atoms with Crippen molar-refractivity contribution in [2.45, 2.75) is 33.9 Å². The Morgan fingerprint density at radius 3 is 1.81 bits per heavy atom. The highest BCUT2D eigenvalue weighted by atomic mass is 19.4. The number of rotatable bonds is 1. The molecule has 5 heteroatoms. The van der Waals surface area contributed by atoms with Crippen LogP contribution in [-0.2, 0) is 6.18 Å². The van der Waals surface area contributed by atoms with E-state index in [1.54, 1.807) is 7.05 Å². The third kappa shape index (κ3) is 6.27. The van der Waals surface area contributed by atoms with Gasteiger partial charge in [-0.25, -0.2) is 4.98 Å². The second-order valence-corrected chi connectivity index (χ2v) is 2.18. The largest absolute Gasteiger partial charge is 0.433 e. The third-order valence-electron chi connectivity index (χ3n) is 1.34. The minimum absolute atomic E-state index is 0.558. The van der Waals surface area contributed by atoms with E-state index < -0.39 is 11.9 Å². The van der Waals surface area contributed by atoms with Crippen molar-refractivity contribution < 1.29 is 13.2 Å². The van der Waals surface area contributed by atoms with Crippen LogP contribution < -0.4 is 5.32 Å². The van der Waals surface area contributed by atoms with Gasteiger partial charge in [0.15, 0.2) is 0 Å². The topological polar surface area (TPSA) is 24.9 Å². The number of hydrogen-bond donors (Lipinski definition) is 1. The highest BCUT2D eigenvalue weighted by Crippen LogP contribution is 2.27. The molecule has 0 saturated carbocycles. The number of alkyl halides is 3. The van der Waals surface area contributed by atoms with Gasteiger partial charge in [-0.1, -0.05) is 27.7 Å². The van der Waals surface area contributed by atoms with E-state index in [9.17, 15) is 13.2 Å². The van der Waals surface area contributed by atoms with Gasteiger partial charge in [-0.2, -0.15) is 13.2 Å². The monoisotopic (exact) mass is 236 g/mol. The number of pyridine rings is 1. The van der Waals surface area contributed by atoms with E-state index in [0.29, 0.717) is 5.69 Å². The third-order valence-corrected chi connectivity index (χ3v) is 1.34. The molecule has 1 N–H and O–H groups in total. The van der Waals surface area contributed by atoms with Gasteiger partial charge in [-0.15, -0.1) is 0 Å². The van der Waals surface area contributed by atoms with Crippen molar-refractivity contribution in [1.29, 1.82) is 0 Å². The Morgan fingerprint density at radius 2 is 1.56 bits per heavy atom. The fourth-order valence-corrected chi connectivity index (χ4v) is 0.709. The van der Waals surface area contributed by atoms with Crippen molar-refractivity contribution in [2.75, 3.05) is 12.4 Å². The summed E-state index contributed by atoms with van der Waals surface area (Å²) in [5.74, 6) is 0. The predicted octanol–water partition coefficient (Wildman–Crippen LogP) is 4.19. The van der Waals surface area contributed by atoms with Gasteiger partial charge in [-0.3, -0.25) is 0 Å². The molecule has 0 spiro atoms. The predicted molar refractivity (Wildman–Crippen MR) is 61.5 cm³/mol. The second-order valence-electron chi connectivity index (χ2n) is 2.18. The first kappa shape index (κ1) is 17.1. The normalized spacial score (nSPS) is 9.25. The molecular weight excluding hydrogens is 217 g/mol. The maximum atomic E-state index is 11.9. The molecule has 0 bridgehead atoms. The summed E-state index contributed by atoms with van der Waals surface area (Å²) in [5.41, 5.74) is -0.315. The summed E-state index contributed by atoms with van der Waals surface area (Å²) in [6.45, 7) is 8.00. The Bertz CT molecular complexity index is 255. The first-order valence-electron chi connectivity index (χ1n) is 5.25. The molecule has 0 saturated heterocycles. The molecule has 1 rings (SSSR count). The van der Waals surface area contributed by atoms with E-state index in [1.165, 1.54) is 6.07 Å². The Morgan fingerprint density at radius 1 is 1.06 bits per heavy atom. The lowest BCUT2D eigenvalue weighted by atomic mass is 10.3. The van der Waals surface area contributed by atoms with E-state index in [2.05, 4.69) is 10.3 Å². The van der Waals surface area contributed by atoms with Gasteiger partial charge in [-0.05, 0) is 12.1 Å². The summed E-state index contributed by atoms with van der Waals surface area (Å²) in [6.07, 6.45) is -3.21. The molecule has 1 aromatic rings. The van der Waals surface area contributed by atoms with Crippen molar-refractivity contribution >= 4 is 5.69 Å². The van der Waals surface area contributed by atoms with Crippen LogP contribution in [0.4, 0.5) is 18.9 Å². The summed E-state index contributed by atoms with van der Waals surface area (Å²) < 4.78 is 35.8. The van der Waals surface area contributed by atoms with Crippen molar-refractivity contribution in [2.24, 2.45) is 0 Å². The highest BCUT2D eigenvalue weighted by Gasteiger charge is 2.31. The molecule has 0 aliphatic rings. The van der Waals surface area contributed by atoms with Crippen molar-refractivity contribution in [3.8, 4) is 0 Å². The Hall–Kier alpha value is -1.26. The number of nitrogens with zero attached hydrogens (tertiary/aromatic N) is 1. The van der Waals surface area contributed by atoms with Crippen LogP contribution in [0, 0.1) is 0 Å². The van der Waals surface area contributed by atoms with Gasteiger partial charge in [0.1, 0.15) is 5.69 Å². The Kier molecular flexibility index (Phi) is 9.65. The molecule has 16 heavy (non-hydrogen) atoms. The van der Waals surface area contributed by atoms with Crippen LogP contribution in [0.5, 0.6) is 0 Å². The van der Waals surface area contributed by atoms with Gasteiger partial charge in [0, 0.05) is 7.05 Å². The van der Waals surface area contributed by atoms with E-state index in [-0.39, 0.29) is 0 Å². The van der Waals surface area contributed by atoms with E-state index >= 15 is 0 Å². The summed E-state index contributed by atoms with van der Waals surface area (Å²) >= 11 is 0. The maximum absolute atomic E-state index is 11.9. The van der Waals surface area contributed by atoms with Crippen molar-refractivity contribution in [3.05, 3.63) is 24.0 Å². The average molecular weight is 236 g/mol. The molecule has 0 aliphatic heterocycles. The van der Waals surface area contributed by atoms with Crippen LogP contribution >= 0.6 is 0 Å². The molecule has 94 valence electrons. The zero-order chi connectivity index (χ0) is 13.2. The lowest BCUT2D eigenvalue weighted by Crippen LogP contribution is -2.07. The average Bonchev–Trinajstić information content (AvgIpc) is 2.33. The molecule has 0 atom stereocenters. The van der Waals surface area contributed by atoms with Crippen LogP contribution in [0.3, 0.4) is 0 Å². The number of nitrogens with one attached hydrogen (secondary N) is 1. The zero-order valence-corrected chi connectivity index (χ0v) is 10.3. The fourth-order valence-electron chi connectivity index (χ4n) is 0.709. The van der Waals surface area contributed by atoms with Crippen LogP contribution in [-0.4, -0.2) is 12.0 Å². The van der Waals surface area contributed by atoms with Crippen LogP contribution in [0.15, 0.2) is 18.3 Å². The standard InChI is InChI=1S/C7H7F3N2.2C2H6/c1-11-5-2-3-6(12-4-5)7(8,9)10;2*1-2/h2-4,11H,1H3;2*1-2H3. The van der Waals surface area contributed by atoms with Crippen molar-refractivity contribution in [3.63, 3.8) is 0 Å². The molecule has 1 aromatic heterocycles. The smallest absolute Gasteiger partial charge is 0.387 e. The van der Waals surface area contributed by atoms with Gasteiger partial charge in [0.25, 0.3) is 0 Å². The Balaban J connectivity index is 0. The SMILES string of the molecule is CC.CC.CNc1ccc(C(F)(F)F)nc1. The molecule has 0 fully saturated rings. The molecule has 1 heterocycles. The Labute approximate surface area is 94.9 Å². The molecule has 0 radical (unpaired) electrons. The first-order valence-corrected chi connectivity index (χ1v) is 5.25. The van der Waals surface area contributed by atoms with E-state index in [0.717, 1.165) is 12.3 Å². The number of aromatic nitrogens is 1. The second kappa shape index (κ2) is 9.00. The van der Waals surface area contributed by atoms with Crippen LogP contribution in [0.1, 0.15) is 33.4 Å². The van der Waals surface area contributed by atoms with Gasteiger partial charge in [0.05, 0.1) is 11.9 Å². The summed E-state index contributed by atoms with van der Waals surface area (Å²) in [7, 11) is 1.62. The van der Waals surface area contributed by atoms with Crippen molar-refractivity contribution in [1.82, 2.24) is 4.98 Å². The zero-order valence-electron chi connectivity index (χ0n) is 10.3. The molecule has 0 amide bonds. The lowest BCUT2D eigenvalue weighted by Gasteiger charge is -2.05. The minimum Gasteiger partial charge on any atom is -0.387 e. The van der Waals surface area contributed by atoms with Gasteiger partial charge < -0.3 is 5.32 Å². The molecule has 0 aromatic carbocycles. The van der Waals surface area contributed by atoms with Gasteiger partial charge >= 0.3 is 6.18 Å². The van der Waals surface area contributed by atoms with Gasteiger partial charge in [0.2, 0.25) is 0 Å². The molecular formula is C11H19F3N2. The first-order chi connectivity index (χ1) is 7.54. The van der Waals surface area contributed by atoms with E-state index in [1.807, 2.05) is 27.7 Å². The lowest BCUT2D eigenvalue weighted by molar-refractivity contribution is -0.141. The summed E-state index contributed by atoms with van der Waals surface area (Å²) in [5, 5.41) is 2.68. The fraction of sp³-hybridized carbons (Fsp3) is 0.545. The van der Waals surface area contributed by atoms with E-state index in [4.69, 9.17) is 0 Å². The quantitative estimate of drug-likeness (QED) is 0.790. The number of anilines is 1. The minimum atomic E-state index is -4.35. The molecule has 2 nitrogen and oxygen atoms in total. The summed E-state index contributed by atoms with van der Waals surface area (Å²) in [6, 6.07) is 2.27. The van der Waals surface area contributed by atoms with Crippen LogP contribution in [0.2, 0.25) is 0 Å². The highest BCUT2D eigenvalue weighted by molar-refractivity contribution is 5.40. The number of hydrogen-bond acceptors (Lipinski definition) is 2.